The minimum Gasteiger partial charge on any atom is -0.457 e. The summed E-state index contributed by atoms with van der Waals surface area (Å²) in [6.45, 7) is 3.81. The van der Waals surface area contributed by atoms with Crippen molar-refractivity contribution in [3.05, 3.63) is 90.8 Å². The lowest BCUT2D eigenvalue weighted by atomic mass is 9.92. The van der Waals surface area contributed by atoms with Gasteiger partial charge in [0.1, 0.15) is 22.8 Å². The lowest BCUT2D eigenvalue weighted by Gasteiger charge is -2.29. The van der Waals surface area contributed by atoms with Crippen molar-refractivity contribution in [2.24, 2.45) is 0 Å². The molecule has 2 heterocycles. The smallest absolute Gasteiger partial charge is 0.432 e. The van der Waals surface area contributed by atoms with Crippen molar-refractivity contribution in [3.63, 3.8) is 0 Å². The van der Waals surface area contributed by atoms with Crippen molar-refractivity contribution in [2.45, 2.75) is 26.1 Å². The quantitative estimate of drug-likeness (QED) is 0.503. The zero-order valence-electron chi connectivity index (χ0n) is 16.4. The third-order valence-corrected chi connectivity index (χ3v) is 5.60. The molecule has 1 amide bonds. The fraction of sp³-hybridized carbons (Fsp3) is 0.182. The highest BCUT2D eigenvalue weighted by molar-refractivity contribution is 9.10. The Hall–Kier alpha value is -3.07. The van der Waals surface area contributed by atoms with E-state index >= 15 is 0 Å². The lowest BCUT2D eigenvalue weighted by Crippen LogP contribution is -2.35. The first-order chi connectivity index (χ1) is 14.5. The van der Waals surface area contributed by atoms with E-state index in [0.717, 1.165) is 17.2 Å². The number of hydrogen-bond donors (Lipinski definition) is 2. The van der Waals surface area contributed by atoms with Crippen molar-refractivity contribution in [3.8, 4) is 11.5 Å². The third kappa shape index (κ3) is 3.97. The number of amides is 1. The van der Waals surface area contributed by atoms with E-state index in [-0.39, 0.29) is 0 Å². The van der Waals surface area contributed by atoms with E-state index in [2.05, 4.69) is 21.2 Å². The second-order valence-electron chi connectivity index (χ2n) is 7.32. The molecule has 1 aliphatic rings. The molecule has 31 heavy (non-hydrogen) atoms. The third-order valence-electron chi connectivity index (χ3n) is 4.98. The zero-order valence-corrected chi connectivity index (χ0v) is 17.9. The number of benzene rings is 2. The van der Waals surface area contributed by atoms with Gasteiger partial charge in [-0.2, -0.15) is 13.2 Å². The second-order valence-corrected chi connectivity index (χ2v) is 8.18. The molecular weight excluding hydrogens is 477 g/mol. The second kappa shape index (κ2) is 7.56. The Morgan fingerprint density at radius 1 is 1.03 bits per heavy atom. The molecule has 1 aromatic heterocycles. The number of hydrogen-bond acceptors (Lipinski definition) is 3. The van der Waals surface area contributed by atoms with Crippen LogP contribution in [0.3, 0.4) is 0 Å². The van der Waals surface area contributed by atoms with E-state index in [1.807, 2.05) is 50.2 Å². The summed E-state index contributed by atoms with van der Waals surface area (Å²) >= 11 is 2.79. The van der Waals surface area contributed by atoms with Crippen molar-refractivity contribution >= 4 is 21.8 Å². The molecule has 1 aliphatic heterocycles. The fourth-order valence-electron chi connectivity index (χ4n) is 3.47. The number of aromatic amines is 1. The van der Waals surface area contributed by atoms with Gasteiger partial charge in [-0.25, -0.2) is 0 Å². The highest BCUT2D eigenvalue weighted by Gasteiger charge is 2.36. The number of carbonyl (C=O) groups is 1. The molecule has 2 N–H and O–H groups in total. The summed E-state index contributed by atoms with van der Waals surface area (Å²) in [7, 11) is 0. The molecule has 3 aromatic rings. The van der Waals surface area contributed by atoms with Crippen LogP contribution in [0.25, 0.3) is 0 Å². The normalized spacial score (nSPS) is 13.2. The maximum atomic E-state index is 13.0. The van der Waals surface area contributed by atoms with Crippen LogP contribution >= 0.6 is 15.9 Å². The van der Waals surface area contributed by atoms with E-state index in [0.29, 0.717) is 22.6 Å². The molecule has 9 heteroatoms. The van der Waals surface area contributed by atoms with E-state index < -0.39 is 39.4 Å². The van der Waals surface area contributed by atoms with E-state index in [1.165, 1.54) is 0 Å². The Kier molecular flexibility index (Phi) is 5.17. The number of rotatable bonds is 2. The van der Waals surface area contributed by atoms with Crippen molar-refractivity contribution in [2.75, 3.05) is 0 Å². The summed E-state index contributed by atoms with van der Waals surface area (Å²) in [6.07, 6.45) is -4.76. The van der Waals surface area contributed by atoms with Crippen LogP contribution in [0.4, 0.5) is 13.2 Å². The van der Waals surface area contributed by atoms with Gasteiger partial charge < -0.3 is 15.0 Å². The van der Waals surface area contributed by atoms with Crippen LogP contribution in [-0.4, -0.2) is 10.9 Å². The molecule has 5 nitrogen and oxygen atoms in total. The number of aryl methyl sites for hydroxylation is 2. The van der Waals surface area contributed by atoms with Crippen molar-refractivity contribution < 1.29 is 22.7 Å². The van der Waals surface area contributed by atoms with Gasteiger partial charge in [-0.3, -0.25) is 9.59 Å². The Morgan fingerprint density at radius 3 is 2.10 bits per heavy atom. The van der Waals surface area contributed by atoms with E-state index in [1.54, 1.807) is 4.98 Å². The van der Waals surface area contributed by atoms with Gasteiger partial charge in [-0.05, 0) is 59.1 Å². The van der Waals surface area contributed by atoms with Crippen LogP contribution in [0.15, 0.2) is 51.7 Å². The number of carbonyl (C=O) groups excluding carboxylic acids is 1. The van der Waals surface area contributed by atoms with Gasteiger partial charge in [0.2, 0.25) is 0 Å². The highest BCUT2D eigenvalue weighted by Crippen LogP contribution is 2.43. The van der Waals surface area contributed by atoms with Gasteiger partial charge in [0.05, 0.1) is 6.04 Å². The predicted octanol–water partition coefficient (Wildman–Crippen LogP) is 5.40. The number of H-pyrrole nitrogens is 1. The summed E-state index contributed by atoms with van der Waals surface area (Å²) in [5.74, 6) is 0.317. The first kappa shape index (κ1) is 21.2. The summed E-state index contributed by atoms with van der Waals surface area (Å²) < 4.78 is 44.6. The molecule has 0 saturated heterocycles. The Bertz CT molecular complexity index is 1220. The molecule has 4 rings (SSSR count). The molecule has 2 aromatic carbocycles. The highest BCUT2D eigenvalue weighted by atomic mass is 79.9. The summed E-state index contributed by atoms with van der Waals surface area (Å²) in [6, 6.07) is 11.2. The lowest BCUT2D eigenvalue weighted by molar-refractivity contribution is -0.142. The van der Waals surface area contributed by atoms with Crippen LogP contribution in [0.1, 0.15) is 44.3 Å². The largest absolute Gasteiger partial charge is 0.457 e. The number of halogens is 4. The first-order valence-corrected chi connectivity index (χ1v) is 10.0. The van der Waals surface area contributed by atoms with Crippen LogP contribution in [0.2, 0.25) is 0 Å². The molecule has 0 radical (unpaired) electrons. The maximum absolute atomic E-state index is 13.0. The SMILES string of the molecule is Cc1ccc2c(c1)Oc1cc(C)ccc1C2NC(=O)c1cc(Br)c(C(F)(F)F)[nH]c1=O. The van der Waals surface area contributed by atoms with Gasteiger partial charge in [0, 0.05) is 15.6 Å². The zero-order chi connectivity index (χ0) is 22.5. The number of nitrogens with one attached hydrogen (secondary N) is 2. The Morgan fingerprint density at radius 2 is 1.58 bits per heavy atom. The molecule has 0 bridgehead atoms. The molecule has 0 spiro atoms. The number of fused-ring (bicyclic) bond motifs is 2. The van der Waals surface area contributed by atoms with E-state index in [9.17, 15) is 22.8 Å². The first-order valence-electron chi connectivity index (χ1n) is 9.24. The molecule has 0 fully saturated rings. The number of pyridine rings is 1. The van der Waals surface area contributed by atoms with Gasteiger partial charge >= 0.3 is 6.18 Å². The maximum Gasteiger partial charge on any atom is 0.432 e. The van der Waals surface area contributed by atoms with Crippen molar-refractivity contribution in [1.82, 2.24) is 10.3 Å². The summed E-state index contributed by atoms with van der Waals surface area (Å²) in [5.41, 5.74) is 0.463. The van der Waals surface area contributed by atoms with Crippen LogP contribution < -0.4 is 15.6 Å². The summed E-state index contributed by atoms with van der Waals surface area (Å²) in [4.78, 5) is 26.9. The van der Waals surface area contributed by atoms with Crippen LogP contribution in [0.5, 0.6) is 11.5 Å². The molecular formula is C22H16BrF3N2O3. The minimum atomic E-state index is -4.76. The minimum absolute atomic E-state index is 0.427. The van der Waals surface area contributed by atoms with Gasteiger partial charge in [0.15, 0.2) is 0 Å². The monoisotopic (exact) mass is 492 g/mol. The fourth-order valence-corrected chi connectivity index (χ4v) is 4.02. The van der Waals surface area contributed by atoms with Gasteiger partial charge in [0.25, 0.3) is 11.5 Å². The van der Waals surface area contributed by atoms with Crippen LogP contribution in [0, 0.1) is 13.8 Å². The Balaban J connectivity index is 1.76. The van der Waals surface area contributed by atoms with Crippen molar-refractivity contribution in [1.29, 1.82) is 0 Å². The van der Waals surface area contributed by atoms with Gasteiger partial charge in [-0.1, -0.05) is 24.3 Å². The molecule has 0 saturated carbocycles. The summed E-state index contributed by atoms with van der Waals surface area (Å²) in [5, 5.41) is 2.77. The standard InChI is InChI=1S/C22H16BrF3N2O3/c1-10-3-5-12-16(7-10)31-17-8-11(2)4-6-13(17)18(12)27-20(29)14-9-15(23)19(22(24,25)26)28-21(14)30/h3-9,18H,1-2H3,(H,27,29)(H,28,30). The topological polar surface area (TPSA) is 71.2 Å². The average molecular weight is 493 g/mol. The molecule has 0 aliphatic carbocycles. The van der Waals surface area contributed by atoms with E-state index in [4.69, 9.17) is 4.74 Å². The number of aromatic nitrogens is 1. The average Bonchev–Trinajstić information content (AvgIpc) is 2.67. The predicted molar refractivity (Wildman–Crippen MR) is 112 cm³/mol. The van der Waals surface area contributed by atoms with Crippen LogP contribution in [-0.2, 0) is 6.18 Å². The van der Waals surface area contributed by atoms with Gasteiger partial charge in [-0.15, -0.1) is 0 Å². The molecule has 0 unspecified atom stereocenters. The Labute approximate surface area is 183 Å². The molecule has 0 atom stereocenters. The molecule has 160 valence electrons. The number of alkyl halides is 3. The number of ether oxygens (including phenoxy) is 1.